The zero-order chi connectivity index (χ0) is 16.1. The van der Waals surface area contributed by atoms with E-state index in [0.717, 1.165) is 11.1 Å². The highest BCUT2D eigenvalue weighted by Crippen LogP contribution is 2.15. The van der Waals surface area contributed by atoms with Gasteiger partial charge in [-0.15, -0.1) is 0 Å². The molecule has 2 aromatic rings. The molecule has 0 bridgehead atoms. The first kappa shape index (κ1) is 16.0. The molecule has 22 heavy (non-hydrogen) atoms. The average molecular weight is 296 g/mol. The molecule has 0 saturated carbocycles. The molecule has 2 aromatic carbocycles. The van der Waals surface area contributed by atoms with Crippen LogP contribution in [0.25, 0.3) is 0 Å². The Kier molecular flexibility index (Phi) is 5.10. The van der Waals surface area contributed by atoms with Crippen LogP contribution in [0.4, 0.5) is 0 Å². The Balaban J connectivity index is 2.00. The largest absolute Gasteiger partial charge is 0.485 e. The number of hydrogen-bond donors (Lipinski definition) is 0. The van der Waals surface area contributed by atoms with Crippen molar-refractivity contribution in [3.05, 3.63) is 64.7 Å². The SMILES string of the molecule is CCC(=O)c1ccc(OCC(=O)c2ccc(C)cc2C)cc1. The van der Waals surface area contributed by atoms with Gasteiger partial charge in [0.05, 0.1) is 0 Å². The van der Waals surface area contributed by atoms with Crippen molar-refractivity contribution in [1.29, 1.82) is 0 Å². The Morgan fingerprint density at radius 2 is 1.64 bits per heavy atom. The van der Waals surface area contributed by atoms with E-state index in [4.69, 9.17) is 4.74 Å². The van der Waals surface area contributed by atoms with E-state index in [9.17, 15) is 9.59 Å². The third-order valence-corrected chi connectivity index (χ3v) is 3.55. The molecule has 0 aliphatic heterocycles. The number of benzene rings is 2. The number of carbonyl (C=O) groups excluding carboxylic acids is 2. The van der Waals surface area contributed by atoms with Crippen molar-refractivity contribution in [3.8, 4) is 5.75 Å². The molecule has 0 atom stereocenters. The van der Waals surface area contributed by atoms with Gasteiger partial charge in [-0.05, 0) is 43.7 Å². The summed E-state index contributed by atoms with van der Waals surface area (Å²) in [5, 5.41) is 0. The Bertz CT molecular complexity index is 684. The lowest BCUT2D eigenvalue weighted by molar-refractivity contribution is 0.0919. The van der Waals surface area contributed by atoms with Crippen LogP contribution in [0.5, 0.6) is 5.75 Å². The molecule has 0 amide bonds. The van der Waals surface area contributed by atoms with Crippen LogP contribution >= 0.6 is 0 Å². The van der Waals surface area contributed by atoms with Crippen molar-refractivity contribution < 1.29 is 14.3 Å². The second-order valence-corrected chi connectivity index (χ2v) is 5.33. The Morgan fingerprint density at radius 3 is 2.23 bits per heavy atom. The molecular weight excluding hydrogens is 276 g/mol. The second kappa shape index (κ2) is 7.03. The standard InChI is InChI=1S/C19H20O3/c1-4-18(20)15-6-8-16(9-7-15)22-12-19(21)17-10-5-13(2)11-14(17)3/h5-11H,4,12H2,1-3H3. The maximum Gasteiger partial charge on any atom is 0.200 e. The normalized spacial score (nSPS) is 10.3. The van der Waals surface area contributed by atoms with Gasteiger partial charge in [0, 0.05) is 17.5 Å². The number of hydrogen-bond acceptors (Lipinski definition) is 3. The van der Waals surface area contributed by atoms with Crippen LogP contribution in [0.2, 0.25) is 0 Å². The van der Waals surface area contributed by atoms with Crippen LogP contribution in [0.15, 0.2) is 42.5 Å². The van der Waals surface area contributed by atoms with Crippen molar-refractivity contribution >= 4 is 11.6 Å². The summed E-state index contributed by atoms with van der Waals surface area (Å²) < 4.78 is 5.51. The zero-order valence-corrected chi connectivity index (χ0v) is 13.2. The second-order valence-electron chi connectivity index (χ2n) is 5.33. The molecule has 0 radical (unpaired) electrons. The minimum Gasteiger partial charge on any atom is -0.485 e. The van der Waals surface area contributed by atoms with E-state index < -0.39 is 0 Å². The third kappa shape index (κ3) is 3.82. The van der Waals surface area contributed by atoms with Crippen LogP contribution in [-0.4, -0.2) is 18.2 Å². The average Bonchev–Trinajstić information content (AvgIpc) is 2.52. The fraction of sp³-hybridized carbons (Fsp3) is 0.263. The van der Waals surface area contributed by atoms with Gasteiger partial charge in [0.1, 0.15) is 5.75 Å². The summed E-state index contributed by atoms with van der Waals surface area (Å²) in [7, 11) is 0. The number of ketones is 2. The van der Waals surface area contributed by atoms with Gasteiger partial charge < -0.3 is 4.74 Å². The summed E-state index contributed by atoms with van der Waals surface area (Å²) in [5.41, 5.74) is 3.43. The Labute approximate surface area is 130 Å². The summed E-state index contributed by atoms with van der Waals surface area (Å²) in [5.74, 6) is 0.634. The van der Waals surface area contributed by atoms with Crippen LogP contribution < -0.4 is 4.74 Å². The molecular formula is C19H20O3. The molecule has 114 valence electrons. The molecule has 0 fully saturated rings. The van der Waals surface area contributed by atoms with Gasteiger partial charge in [-0.25, -0.2) is 0 Å². The third-order valence-electron chi connectivity index (χ3n) is 3.55. The summed E-state index contributed by atoms with van der Waals surface area (Å²) in [6.45, 7) is 5.74. The molecule has 0 aromatic heterocycles. The van der Waals surface area contributed by atoms with Crippen LogP contribution in [0.1, 0.15) is 45.2 Å². The van der Waals surface area contributed by atoms with E-state index in [1.54, 1.807) is 24.3 Å². The van der Waals surface area contributed by atoms with Crippen molar-refractivity contribution in [2.24, 2.45) is 0 Å². The lowest BCUT2D eigenvalue weighted by atomic mass is 10.0. The molecule has 0 aliphatic carbocycles. The molecule has 3 heteroatoms. The fourth-order valence-corrected chi connectivity index (χ4v) is 2.29. The Hall–Kier alpha value is -2.42. The minimum atomic E-state index is -0.0498. The van der Waals surface area contributed by atoms with Crippen molar-refractivity contribution in [1.82, 2.24) is 0 Å². The summed E-state index contributed by atoms with van der Waals surface area (Å²) in [6, 6.07) is 12.6. The molecule has 2 rings (SSSR count). The van der Waals surface area contributed by atoms with Gasteiger partial charge in [0.15, 0.2) is 18.2 Å². The highest BCUT2D eigenvalue weighted by atomic mass is 16.5. The monoisotopic (exact) mass is 296 g/mol. The van der Waals surface area contributed by atoms with E-state index in [1.807, 2.05) is 39.0 Å². The molecule has 0 N–H and O–H groups in total. The minimum absolute atomic E-state index is 0.00896. The highest BCUT2D eigenvalue weighted by Gasteiger charge is 2.10. The van der Waals surface area contributed by atoms with Gasteiger partial charge in [-0.2, -0.15) is 0 Å². The number of aryl methyl sites for hydroxylation is 2. The topological polar surface area (TPSA) is 43.4 Å². The highest BCUT2D eigenvalue weighted by molar-refractivity contribution is 5.98. The van der Waals surface area contributed by atoms with Gasteiger partial charge in [0.2, 0.25) is 0 Å². The molecule has 0 saturated heterocycles. The maximum atomic E-state index is 12.2. The maximum absolute atomic E-state index is 12.2. The molecule has 0 aliphatic rings. The van der Waals surface area contributed by atoms with Crippen LogP contribution in [0.3, 0.4) is 0 Å². The number of Topliss-reactive ketones (excluding diaryl/α,β-unsaturated/α-hetero) is 2. The van der Waals surface area contributed by atoms with E-state index in [1.165, 1.54) is 0 Å². The first-order chi connectivity index (χ1) is 10.5. The lowest BCUT2D eigenvalue weighted by Crippen LogP contribution is -2.13. The number of carbonyl (C=O) groups is 2. The van der Waals surface area contributed by atoms with Gasteiger partial charge in [-0.3, -0.25) is 9.59 Å². The van der Waals surface area contributed by atoms with Crippen molar-refractivity contribution in [3.63, 3.8) is 0 Å². The lowest BCUT2D eigenvalue weighted by Gasteiger charge is -2.08. The fourth-order valence-electron chi connectivity index (χ4n) is 2.29. The van der Waals surface area contributed by atoms with E-state index >= 15 is 0 Å². The Morgan fingerprint density at radius 1 is 0.955 bits per heavy atom. The van der Waals surface area contributed by atoms with Crippen LogP contribution in [-0.2, 0) is 0 Å². The predicted molar refractivity (Wildman–Crippen MR) is 86.8 cm³/mol. The predicted octanol–water partition coefficient (Wildman–Crippen LogP) is 4.16. The number of rotatable bonds is 6. The number of ether oxygens (including phenoxy) is 1. The van der Waals surface area contributed by atoms with E-state index in [-0.39, 0.29) is 18.2 Å². The van der Waals surface area contributed by atoms with E-state index in [0.29, 0.717) is 23.3 Å². The first-order valence-electron chi connectivity index (χ1n) is 7.37. The quantitative estimate of drug-likeness (QED) is 0.752. The van der Waals surface area contributed by atoms with Crippen molar-refractivity contribution in [2.75, 3.05) is 6.61 Å². The molecule has 0 unspecified atom stereocenters. The first-order valence-corrected chi connectivity index (χ1v) is 7.37. The van der Waals surface area contributed by atoms with Gasteiger partial charge in [-0.1, -0.05) is 30.7 Å². The van der Waals surface area contributed by atoms with E-state index in [2.05, 4.69) is 0 Å². The summed E-state index contributed by atoms with van der Waals surface area (Å²) >= 11 is 0. The smallest absolute Gasteiger partial charge is 0.200 e. The summed E-state index contributed by atoms with van der Waals surface area (Å²) in [6.07, 6.45) is 0.478. The molecule has 0 heterocycles. The van der Waals surface area contributed by atoms with Crippen molar-refractivity contribution in [2.45, 2.75) is 27.2 Å². The molecule has 3 nitrogen and oxygen atoms in total. The van der Waals surface area contributed by atoms with Gasteiger partial charge >= 0.3 is 0 Å². The summed E-state index contributed by atoms with van der Waals surface area (Å²) in [4.78, 5) is 23.7. The van der Waals surface area contributed by atoms with Crippen LogP contribution in [0, 0.1) is 13.8 Å². The van der Waals surface area contributed by atoms with Gasteiger partial charge in [0.25, 0.3) is 0 Å². The zero-order valence-electron chi connectivity index (χ0n) is 13.2. The molecule has 0 spiro atoms.